The molecule has 0 aliphatic rings. The number of rotatable bonds is 12. The highest BCUT2D eigenvalue weighted by Crippen LogP contribution is 2.39. The molecular weight excluding hydrogens is 450 g/mol. The van der Waals surface area contributed by atoms with Crippen molar-refractivity contribution in [2.45, 2.75) is 32.1 Å². The van der Waals surface area contributed by atoms with E-state index in [1.54, 1.807) is 32.0 Å². The Morgan fingerprint density at radius 1 is 0.848 bits per heavy atom. The van der Waals surface area contributed by atoms with E-state index in [1.807, 2.05) is 6.92 Å². The number of amides is 2. The van der Waals surface area contributed by atoms with Crippen molar-refractivity contribution in [2.24, 2.45) is 0 Å². The molecule has 0 bridgehead atoms. The maximum absolute atomic E-state index is 12.6. The van der Waals surface area contributed by atoms with E-state index in [-0.39, 0.29) is 23.4 Å². The van der Waals surface area contributed by atoms with Crippen LogP contribution in [-0.4, -0.2) is 46.6 Å². The van der Waals surface area contributed by atoms with E-state index in [4.69, 9.17) is 14.2 Å². The first-order valence-electron chi connectivity index (χ1n) is 10.5. The van der Waals surface area contributed by atoms with Crippen LogP contribution in [0.25, 0.3) is 0 Å². The van der Waals surface area contributed by atoms with Crippen LogP contribution < -0.4 is 29.8 Å². The first-order chi connectivity index (χ1) is 15.8. The Morgan fingerprint density at radius 2 is 1.42 bits per heavy atom. The van der Waals surface area contributed by atoms with Gasteiger partial charge >= 0.3 is 0 Å². The highest BCUT2D eigenvalue weighted by molar-refractivity contribution is 7.89. The molecule has 0 aliphatic carbocycles. The average molecular weight is 480 g/mol. The third-order valence-corrected chi connectivity index (χ3v) is 5.66. The van der Waals surface area contributed by atoms with Gasteiger partial charge in [0.15, 0.2) is 11.5 Å². The van der Waals surface area contributed by atoms with Crippen molar-refractivity contribution in [1.82, 2.24) is 15.6 Å². The third-order valence-electron chi connectivity index (χ3n) is 4.18. The van der Waals surface area contributed by atoms with Crippen molar-refractivity contribution in [1.29, 1.82) is 0 Å². The van der Waals surface area contributed by atoms with E-state index in [0.717, 1.165) is 0 Å². The molecule has 2 aromatic rings. The lowest BCUT2D eigenvalue weighted by Crippen LogP contribution is -2.42. The number of hydrogen-bond acceptors (Lipinski definition) is 7. The number of carbonyl (C=O) groups excluding carboxylic acids is 2. The van der Waals surface area contributed by atoms with Crippen molar-refractivity contribution >= 4 is 21.8 Å². The van der Waals surface area contributed by atoms with Crippen molar-refractivity contribution in [2.75, 3.05) is 26.4 Å². The highest BCUT2D eigenvalue weighted by Gasteiger charge is 2.19. The molecule has 2 rings (SSSR count). The molecule has 0 radical (unpaired) electrons. The number of carbonyl (C=O) groups is 2. The summed E-state index contributed by atoms with van der Waals surface area (Å²) in [6, 6.07) is 10.8. The lowest BCUT2D eigenvalue weighted by molar-refractivity contribution is -0.121. The molecule has 0 atom stereocenters. The van der Waals surface area contributed by atoms with Gasteiger partial charge in [-0.1, -0.05) is 18.2 Å². The Hall–Kier alpha value is -3.31. The molecule has 0 saturated carbocycles. The van der Waals surface area contributed by atoms with Crippen LogP contribution in [0.3, 0.4) is 0 Å². The zero-order valence-electron chi connectivity index (χ0n) is 18.8. The summed E-state index contributed by atoms with van der Waals surface area (Å²) in [4.78, 5) is 24.7. The molecule has 10 nitrogen and oxygen atoms in total. The van der Waals surface area contributed by atoms with E-state index in [1.165, 1.54) is 24.3 Å². The predicted molar refractivity (Wildman–Crippen MR) is 122 cm³/mol. The van der Waals surface area contributed by atoms with Crippen molar-refractivity contribution < 1.29 is 32.2 Å². The number of ether oxygens (including phenoxy) is 3. The van der Waals surface area contributed by atoms with Gasteiger partial charge in [0.2, 0.25) is 21.7 Å². The van der Waals surface area contributed by atoms with Crippen LogP contribution in [0.15, 0.2) is 47.4 Å². The molecule has 2 aromatic carbocycles. The van der Waals surface area contributed by atoms with E-state index in [9.17, 15) is 18.0 Å². The van der Waals surface area contributed by atoms with Crippen molar-refractivity contribution in [3.05, 3.63) is 48.0 Å². The van der Waals surface area contributed by atoms with Gasteiger partial charge in [0.1, 0.15) is 0 Å². The third kappa shape index (κ3) is 7.65. The lowest BCUT2D eigenvalue weighted by Gasteiger charge is -2.17. The lowest BCUT2D eigenvalue weighted by atomic mass is 10.1. The molecule has 0 heterocycles. The fourth-order valence-electron chi connectivity index (χ4n) is 2.76. The molecule has 0 fully saturated rings. The van der Waals surface area contributed by atoms with Crippen molar-refractivity contribution in [3.63, 3.8) is 0 Å². The number of nitrogens with one attached hydrogen (secondary N) is 3. The summed E-state index contributed by atoms with van der Waals surface area (Å²) in [5, 5.41) is 0. The van der Waals surface area contributed by atoms with Gasteiger partial charge in [0, 0.05) is 18.5 Å². The minimum atomic E-state index is -3.72. The maximum atomic E-state index is 12.6. The normalized spacial score (nSPS) is 10.9. The molecule has 33 heavy (non-hydrogen) atoms. The molecule has 0 aromatic heterocycles. The number of benzene rings is 2. The molecule has 3 N–H and O–H groups in total. The second kappa shape index (κ2) is 12.7. The Kier molecular flexibility index (Phi) is 9.95. The maximum Gasteiger partial charge on any atom is 0.269 e. The summed E-state index contributed by atoms with van der Waals surface area (Å²) >= 11 is 0. The van der Waals surface area contributed by atoms with E-state index >= 15 is 0 Å². The van der Waals surface area contributed by atoms with Gasteiger partial charge in [-0.05, 0) is 45.0 Å². The molecule has 180 valence electrons. The number of sulfonamides is 1. The summed E-state index contributed by atoms with van der Waals surface area (Å²) < 4.78 is 43.4. The molecule has 0 aliphatic heterocycles. The average Bonchev–Trinajstić information content (AvgIpc) is 2.80. The minimum Gasteiger partial charge on any atom is -0.490 e. The summed E-state index contributed by atoms with van der Waals surface area (Å²) in [6.07, 6.45) is -0.177. The van der Waals surface area contributed by atoms with Crippen LogP contribution >= 0.6 is 0 Å². The summed E-state index contributed by atoms with van der Waals surface area (Å²) in [5.74, 6) is -0.0834. The molecule has 0 spiro atoms. The topological polar surface area (TPSA) is 132 Å². The zero-order chi connectivity index (χ0) is 24.3. The molecule has 11 heteroatoms. The smallest absolute Gasteiger partial charge is 0.269 e. The summed E-state index contributed by atoms with van der Waals surface area (Å²) in [5.41, 5.74) is 4.75. The fourth-order valence-corrected chi connectivity index (χ4v) is 3.82. The van der Waals surface area contributed by atoms with E-state index in [0.29, 0.717) is 37.1 Å². The van der Waals surface area contributed by atoms with Crippen molar-refractivity contribution in [3.8, 4) is 17.2 Å². The monoisotopic (exact) mass is 479 g/mol. The van der Waals surface area contributed by atoms with Gasteiger partial charge in [-0.3, -0.25) is 20.4 Å². The Morgan fingerprint density at radius 3 is 1.97 bits per heavy atom. The highest BCUT2D eigenvalue weighted by atomic mass is 32.2. The second-order valence-electron chi connectivity index (χ2n) is 6.56. The molecule has 0 unspecified atom stereocenters. The quantitative estimate of drug-likeness (QED) is 0.397. The van der Waals surface area contributed by atoms with Gasteiger partial charge in [-0.2, -0.15) is 0 Å². The predicted octanol–water partition coefficient (Wildman–Crippen LogP) is 2.01. The van der Waals surface area contributed by atoms with Gasteiger partial charge < -0.3 is 14.2 Å². The SMILES string of the molecule is CCOc1cc(C(=O)NNC(=O)CCNS(=O)(=O)c2ccccc2)cc(OCC)c1OCC. The minimum absolute atomic E-state index is 0.101. The van der Waals surface area contributed by atoms with Gasteiger partial charge in [-0.25, -0.2) is 13.1 Å². The van der Waals surface area contributed by atoms with Gasteiger partial charge in [0.25, 0.3) is 5.91 Å². The first kappa shape index (κ1) is 25.9. The van der Waals surface area contributed by atoms with Gasteiger partial charge in [0.05, 0.1) is 24.7 Å². The number of hydrazine groups is 1. The van der Waals surface area contributed by atoms with Crippen LogP contribution in [-0.2, 0) is 14.8 Å². The zero-order valence-corrected chi connectivity index (χ0v) is 19.7. The number of hydrogen-bond donors (Lipinski definition) is 3. The summed E-state index contributed by atoms with van der Waals surface area (Å²) in [7, 11) is -3.72. The van der Waals surface area contributed by atoms with Gasteiger partial charge in [-0.15, -0.1) is 0 Å². The molecule has 0 saturated heterocycles. The van der Waals surface area contributed by atoms with Crippen LogP contribution in [0.4, 0.5) is 0 Å². The van der Waals surface area contributed by atoms with E-state index < -0.39 is 21.8 Å². The van der Waals surface area contributed by atoms with Crippen LogP contribution in [0.2, 0.25) is 0 Å². The van der Waals surface area contributed by atoms with E-state index in [2.05, 4.69) is 15.6 Å². The summed E-state index contributed by atoms with van der Waals surface area (Å²) in [6.45, 7) is 6.38. The van der Waals surface area contributed by atoms with Crippen LogP contribution in [0.5, 0.6) is 17.2 Å². The molecule has 2 amide bonds. The fraction of sp³-hybridized carbons (Fsp3) is 0.364. The van der Waals surface area contributed by atoms with Crippen LogP contribution in [0.1, 0.15) is 37.6 Å². The Bertz CT molecular complexity index is 1020. The molecular formula is C22H29N3O7S. The Labute approximate surface area is 193 Å². The van der Waals surface area contributed by atoms with Crippen LogP contribution in [0, 0.1) is 0 Å². The standard InChI is InChI=1S/C22H29N3O7S/c1-4-30-18-14-16(15-19(31-5-2)21(18)32-6-3)22(27)25-24-20(26)12-13-23-33(28,29)17-10-8-7-9-11-17/h7-11,14-15,23H,4-6,12-13H2,1-3H3,(H,24,26)(H,25,27). The first-order valence-corrected chi connectivity index (χ1v) is 12.0. The second-order valence-corrected chi connectivity index (χ2v) is 8.33. The Balaban J connectivity index is 1.97. The largest absolute Gasteiger partial charge is 0.490 e.